The fourth-order valence-corrected chi connectivity index (χ4v) is 0.797. The molecule has 1 aromatic heterocycles. The Bertz CT molecular complexity index is 241. The van der Waals surface area contributed by atoms with Gasteiger partial charge < -0.3 is 9.87 Å². The lowest BCUT2D eigenvalue weighted by Crippen LogP contribution is -2.07. The second-order valence-electron chi connectivity index (χ2n) is 1.73. The molecule has 5 nitrogen and oxygen atoms in total. The van der Waals surface area contributed by atoms with Crippen molar-refractivity contribution in [1.29, 1.82) is 0 Å². The fourth-order valence-electron chi connectivity index (χ4n) is 0.526. The highest BCUT2D eigenvalue weighted by molar-refractivity contribution is 7.79. The van der Waals surface area contributed by atoms with Crippen LogP contribution in [0.4, 0.5) is 5.82 Å². The molecule has 0 aliphatic rings. The molecule has 6 heteroatoms. The van der Waals surface area contributed by atoms with Crippen molar-refractivity contribution in [3.8, 4) is 0 Å². The quantitative estimate of drug-likeness (QED) is 0.632. The molecule has 1 heterocycles. The van der Waals surface area contributed by atoms with Crippen LogP contribution in [0.3, 0.4) is 0 Å². The van der Waals surface area contributed by atoms with Gasteiger partial charge in [0.05, 0.1) is 6.20 Å². The first-order valence-electron chi connectivity index (χ1n) is 2.86. The summed E-state index contributed by atoms with van der Waals surface area (Å²) < 4.78 is 18.5. The van der Waals surface area contributed by atoms with Crippen molar-refractivity contribution in [1.82, 2.24) is 9.97 Å². The smallest absolute Gasteiger partial charge is 0.172 e. The lowest BCUT2D eigenvalue weighted by molar-refractivity contribution is 0.566. The molecular formula is C5H7N3O2S. The number of anilines is 1. The van der Waals surface area contributed by atoms with Crippen LogP contribution in [0, 0.1) is 0 Å². The molecule has 11 heavy (non-hydrogen) atoms. The average Bonchev–Trinajstić information content (AvgIpc) is 2.03. The van der Waals surface area contributed by atoms with Gasteiger partial charge in [-0.2, -0.15) is 0 Å². The van der Waals surface area contributed by atoms with Gasteiger partial charge in [0.25, 0.3) is 0 Å². The lowest BCUT2D eigenvalue weighted by Gasteiger charge is -1.99. The Labute approximate surface area is 66.2 Å². The van der Waals surface area contributed by atoms with Gasteiger partial charge in [-0.15, -0.1) is 0 Å². The zero-order chi connectivity index (χ0) is 8.10. The van der Waals surface area contributed by atoms with Crippen LogP contribution in [0.5, 0.6) is 0 Å². The summed E-state index contributed by atoms with van der Waals surface area (Å²) in [6, 6.07) is 0. The van der Waals surface area contributed by atoms with E-state index in [2.05, 4.69) is 15.3 Å². The highest BCUT2D eigenvalue weighted by Crippen LogP contribution is 1.95. The molecular weight excluding hydrogens is 166 g/mol. The van der Waals surface area contributed by atoms with E-state index in [0.717, 1.165) is 0 Å². The van der Waals surface area contributed by atoms with E-state index in [4.69, 9.17) is 4.55 Å². The summed E-state index contributed by atoms with van der Waals surface area (Å²) in [6.45, 7) is 0. The Morgan fingerprint density at radius 1 is 1.64 bits per heavy atom. The third-order valence-electron chi connectivity index (χ3n) is 0.940. The van der Waals surface area contributed by atoms with E-state index in [-0.39, 0.29) is 5.88 Å². The van der Waals surface area contributed by atoms with Gasteiger partial charge in [-0.1, -0.05) is 0 Å². The number of nitrogens with one attached hydrogen (secondary N) is 1. The van der Waals surface area contributed by atoms with Gasteiger partial charge >= 0.3 is 0 Å². The highest BCUT2D eigenvalue weighted by Gasteiger charge is 1.93. The molecule has 0 saturated heterocycles. The molecule has 0 aromatic carbocycles. The van der Waals surface area contributed by atoms with Crippen LogP contribution in [-0.2, 0) is 11.1 Å². The third-order valence-corrected chi connectivity index (χ3v) is 1.33. The van der Waals surface area contributed by atoms with Crippen molar-refractivity contribution >= 4 is 16.9 Å². The van der Waals surface area contributed by atoms with Gasteiger partial charge in [-0.3, -0.25) is 4.98 Å². The molecule has 0 spiro atoms. The Hall–Kier alpha value is -1.01. The largest absolute Gasteiger partial charge is 0.355 e. The first kappa shape index (κ1) is 8.09. The highest BCUT2D eigenvalue weighted by atomic mass is 32.2. The van der Waals surface area contributed by atoms with Gasteiger partial charge in [-0.05, 0) is 0 Å². The minimum absolute atomic E-state index is 0.0291. The Morgan fingerprint density at radius 2 is 2.45 bits per heavy atom. The van der Waals surface area contributed by atoms with Crippen molar-refractivity contribution in [3.05, 3.63) is 18.6 Å². The molecule has 1 unspecified atom stereocenters. The van der Waals surface area contributed by atoms with Crippen LogP contribution in [-0.4, -0.2) is 24.6 Å². The number of rotatable bonds is 3. The Kier molecular flexibility index (Phi) is 2.94. The summed E-state index contributed by atoms with van der Waals surface area (Å²) in [5, 5.41) is 2.62. The molecule has 1 aromatic rings. The van der Waals surface area contributed by atoms with Crippen molar-refractivity contribution in [2.24, 2.45) is 0 Å². The first-order valence-corrected chi connectivity index (χ1v) is 4.14. The van der Waals surface area contributed by atoms with Crippen LogP contribution in [0.15, 0.2) is 18.6 Å². The number of hydrogen-bond acceptors (Lipinski definition) is 4. The first-order chi connectivity index (χ1) is 5.29. The average molecular weight is 173 g/mol. The van der Waals surface area contributed by atoms with E-state index >= 15 is 0 Å². The molecule has 0 saturated carbocycles. The standard InChI is InChI=1S/C5H7N3O2S/c9-11(10)4-8-5-3-6-1-2-7-5/h1-3H,4H2,(H,7,8)(H,9,10). The van der Waals surface area contributed by atoms with Crippen LogP contribution >= 0.6 is 0 Å². The minimum Gasteiger partial charge on any atom is -0.355 e. The normalized spacial score (nSPS) is 12.5. The SMILES string of the molecule is O=S(O)CNc1cnccn1. The topological polar surface area (TPSA) is 75.1 Å². The van der Waals surface area contributed by atoms with Crippen LogP contribution in [0.1, 0.15) is 0 Å². The van der Waals surface area contributed by atoms with Crippen molar-refractivity contribution in [3.63, 3.8) is 0 Å². The second kappa shape index (κ2) is 3.99. The van der Waals surface area contributed by atoms with E-state index in [1.54, 1.807) is 0 Å². The summed E-state index contributed by atoms with van der Waals surface area (Å²) >= 11 is -1.84. The fraction of sp³-hybridized carbons (Fsp3) is 0.200. The van der Waals surface area contributed by atoms with Crippen molar-refractivity contribution < 1.29 is 8.76 Å². The summed E-state index contributed by atoms with van der Waals surface area (Å²) in [5.41, 5.74) is 0. The van der Waals surface area contributed by atoms with Crippen LogP contribution < -0.4 is 5.32 Å². The van der Waals surface area contributed by atoms with Crippen LogP contribution in [0.2, 0.25) is 0 Å². The zero-order valence-corrected chi connectivity index (χ0v) is 6.41. The molecule has 2 N–H and O–H groups in total. The maximum atomic E-state index is 10.2. The van der Waals surface area contributed by atoms with E-state index in [1.165, 1.54) is 18.6 Å². The third kappa shape index (κ3) is 3.06. The summed E-state index contributed by atoms with van der Waals surface area (Å²) in [6.07, 6.45) is 4.51. The predicted octanol–water partition coefficient (Wildman–Crippen LogP) is 0.0677. The van der Waals surface area contributed by atoms with Crippen LogP contribution in [0.25, 0.3) is 0 Å². The second-order valence-corrected chi connectivity index (χ2v) is 2.66. The van der Waals surface area contributed by atoms with Crippen molar-refractivity contribution in [2.75, 3.05) is 11.2 Å². The summed E-state index contributed by atoms with van der Waals surface area (Å²) in [7, 11) is 0. The molecule has 0 aliphatic heterocycles. The Morgan fingerprint density at radius 3 is 3.00 bits per heavy atom. The molecule has 1 atom stereocenters. The van der Waals surface area contributed by atoms with Gasteiger partial charge in [0, 0.05) is 12.4 Å². The number of nitrogens with zero attached hydrogens (tertiary/aromatic N) is 2. The van der Waals surface area contributed by atoms with Crippen molar-refractivity contribution in [2.45, 2.75) is 0 Å². The Balaban J connectivity index is 2.45. The molecule has 1 rings (SSSR count). The van der Waals surface area contributed by atoms with Gasteiger partial charge in [0.1, 0.15) is 11.7 Å². The molecule has 60 valence electrons. The summed E-state index contributed by atoms with van der Waals surface area (Å²) in [4.78, 5) is 7.59. The molecule has 0 fully saturated rings. The van der Waals surface area contributed by atoms with Gasteiger partial charge in [-0.25, -0.2) is 9.19 Å². The molecule has 0 radical (unpaired) electrons. The van der Waals surface area contributed by atoms with Gasteiger partial charge in [0.15, 0.2) is 11.1 Å². The molecule has 0 amide bonds. The summed E-state index contributed by atoms with van der Waals surface area (Å²) in [5.74, 6) is 0.466. The number of hydrogen-bond donors (Lipinski definition) is 2. The number of aromatic nitrogens is 2. The van der Waals surface area contributed by atoms with E-state index in [1.807, 2.05) is 0 Å². The van der Waals surface area contributed by atoms with Gasteiger partial charge in [0.2, 0.25) is 0 Å². The predicted molar refractivity (Wildman–Crippen MR) is 41.3 cm³/mol. The maximum absolute atomic E-state index is 10.2. The van der Waals surface area contributed by atoms with E-state index in [0.29, 0.717) is 5.82 Å². The molecule has 0 aliphatic carbocycles. The molecule has 0 bridgehead atoms. The van der Waals surface area contributed by atoms with E-state index in [9.17, 15) is 4.21 Å². The minimum atomic E-state index is -1.84. The maximum Gasteiger partial charge on any atom is 0.172 e. The lowest BCUT2D eigenvalue weighted by atomic mass is 10.7. The van der Waals surface area contributed by atoms with E-state index < -0.39 is 11.1 Å². The monoisotopic (exact) mass is 173 g/mol. The zero-order valence-electron chi connectivity index (χ0n) is 5.60.